The van der Waals surface area contributed by atoms with Gasteiger partial charge in [-0.05, 0) is 44.9 Å². The summed E-state index contributed by atoms with van der Waals surface area (Å²) in [7, 11) is 2.09. The van der Waals surface area contributed by atoms with E-state index in [0.717, 1.165) is 13.1 Å². The highest BCUT2D eigenvalue weighted by Crippen LogP contribution is 2.34. The summed E-state index contributed by atoms with van der Waals surface area (Å²) in [5, 5.41) is 3.55. The van der Waals surface area contributed by atoms with E-state index in [4.69, 9.17) is 4.74 Å². The van der Waals surface area contributed by atoms with Crippen molar-refractivity contribution in [3.8, 4) is 0 Å². The minimum Gasteiger partial charge on any atom is -0.373 e. The van der Waals surface area contributed by atoms with Gasteiger partial charge in [-0.25, -0.2) is 0 Å². The Balaban J connectivity index is 1.84. The van der Waals surface area contributed by atoms with Crippen LogP contribution < -0.4 is 5.32 Å². The maximum Gasteiger partial charge on any atom is 0.0678 e. The zero-order valence-corrected chi connectivity index (χ0v) is 12.8. The Morgan fingerprint density at radius 2 is 1.85 bits per heavy atom. The second-order valence-electron chi connectivity index (χ2n) is 6.28. The summed E-state index contributed by atoms with van der Waals surface area (Å²) >= 11 is 0. The number of aryl methyl sites for hydroxylation is 1. The Morgan fingerprint density at radius 3 is 2.55 bits per heavy atom. The zero-order chi connectivity index (χ0) is 14.1. The molecular weight excluding hydrogens is 248 g/mol. The van der Waals surface area contributed by atoms with Crippen LogP contribution in [0.4, 0.5) is 0 Å². The fourth-order valence-electron chi connectivity index (χ4n) is 3.97. The zero-order valence-electron chi connectivity index (χ0n) is 12.8. The van der Waals surface area contributed by atoms with Crippen molar-refractivity contribution < 1.29 is 4.74 Å². The molecule has 1 saturated heterocycles. The van der Waals surface area contributed by atoms with E-state index in [1.165, 1.54) is 24.0 Å². The summed E-state index contributed by atoms with van der Waals surface area (Å²) in [5.41, 5.74) is 3.00. The van der Waals surface area contributed by atoms with Crippen LogP contribution in [-0.2, 0) is 11.2 Å². The summed E-state index contributed by atoms with van der Waals surface area (Å²) in [6, 6.07) is 9.92. The van der Waals surface area contributed by atoms with Crippen LogP contribution in [-0.4, -0.2) is 43.3 Å². The van der Waals surface area contributed by atoms with E-state index in [1.807, 2.05) is 0 Å². The average Bonchev–Trinajstić information content (AvgIpc) is 2.45. The summed E-state index contributed by atoms with van der Waals surface area (Å²) in [5.74, 6) is 0. The van der Waals surface area contributed by atoms with Gasteiger partial charge in [0.05, 0.1) is 12.2 Å². The Labute approximate surface area is 122 Å². The molecule has 20 heavy (non-hydrogen) atoms. The minimum atomic E-state index is 0.341. The largest absolute Gasteiger partial charge is 0.373 e. The summed E-state index contributed by atoms with van der Waals surface area (Å²) < 4.78 is 5.88. The molecule has 3 heteroatoms. The molecule has 110 valence electrons. The molecule has 2 unspecified atom stereocenters. The fraction of sp³-hybridized carbons (Fsp3) is 0.647. The van der Waals surface area contributed by atoms with E-state index < -0.39 is 0 Å². The number of benzene rings is 1. The first-order chi connectivity index (χ1) is 9.69. The van der Waals surface area contributed by atoms with Gasteiger partial charge in [-0.1, -0.05) is 24.3 Å². The van der Waals surface area contributed by atoms with Crippen LogP contribution in [0.2, 0.25) is 0 Å². The summed E-state index contributed by atoms with van der Waals surface area (Å²) in [4.78, 5) is 2.63. The number of likely N-dealkylation sites (N-methyl/N-ethyl adjacent to an activating group) is 1. The maximum absolute atomic E-state index is 5.88. The molecule has 0 aromatic heterocycles. The molecule has 1 aromatic carbocycles. The van der Waals surface area contributed by atoms with Gasteiger partial charge in [0.1, 0.15) is 0 Å². The van der Waals surface area contributed by atoms with Crippen LogP contribution in [0.25, 0.3) is 0 Å². The molecule has 0 radical (unpaired) electrons. The van der Waals surface area contributed by atoms with E-state index >= 15 is 0 Å². The van der Waals surface area contributed by atoms with Crippen LogP contribution in [0.3, 0.4) is 0 Å². The number of ether oxygens (including phenoxy) is 1. The van der Waals surface area contributed by atoms with Gasteiger partial charge in [-0.2, -0.15) is 0 Å². The second-order valence-corrected chi connectivity index (χ2v) is 6.28. The molecule has 3 rings (SSSR count). The quantitative estimate of drug-likeness (QED) is 0.896. The highest BCUT2D eigenvalue weighted by Gasteiger charge is 2.35. The lowest BCUT2D eigenvalue weighted by atomic mass is 9.83. The Bertz CT molecular complexity index is 452. The van der Waals surface area contributed by atoms with E-state index in [0.29, 0.717) is 24.3 Å². The van der Waals surface area contributed by atoms with Crippen LogP contribution in [0, 0.1) is 0 Å². The lowest BCUT2D eigenvalue weighted by molar-refractivity contribution is -0.0860. The maximum atomic E-state index is 5.88. The van der Waals surface area contributed by atoms with Gasteiger partial charge >= 0.3 is 0 Å². The first-order valence-corrected chi connectivity index (χ1v) is 7.83. The molecule has 2 aliphatic rings. The van der Waals surface area contributed by atoms with Crippen molar-refractivity contribution in [2.45, 2.75) is 51.0 Å². The molecular formula is C17H26N2O. The van der Waals surface area contributed by atoms with Gasteiger partial charge in [0.25, 0.3) is 0 Å². The Hall–Kier alpha value is -0.900. The summed E-state index contributed by atoms with van der Waals surface area (Å²) in [6.07, 6.45) is 3.11. The van der Waals surface area contributed by atoms with Gasteiger partial charge in [-0.15, -0.1) is 0 Å². The standard InChI is InChI=1S/C17H26N2O/c1-12-10-19(11-13(2)20-12)16-9-8-14-6-4-5-7-15(14)17(16)18-3/h4-7,12-13,16-18H,8-11H2,1-3H3/t12-,13+,16?,17?. The third-order valence-corrected chi connectivity index (χ3v) is 4.71. The molecule has 1 aliphatic heterocycles. The molecule has 4 atom stereocenters. The van der Waals surface area contributed by atoms with Gasteiger partial charge < -0.3 is 10.1 Å². The van der Waals surface area contributed by atoms with E-state index in [9.17, 15) is 0 Å². The fourth-order valence-corrected chi connectivity index (χ4v) is 3.97. The van der Waals surface area contributed by atoms with Gasteiger partial charge in [0.2, 0.25) is 0 Å². The molecule has 1 N–H and O–H groups in total. The van der Waals surface area contributed by atoms with E-state index in [-0.39, 0.29) is 0 Å². The minimum absolute atomic E-state index is 0.341. The molecule has 0 saturated carbocycles. The van der Waals surface area contributed by atoms with Gasteiger partial charge in [0, 0.05) is 25.2 Å². The first-order valence-electron chi connectivity index (χ1n) is 7.83. The van der Waals surface area contributed by atoms with Crippen molar-refractivity contribution in [2.75, 3.05) is 20.1 Å². The van der Waals surface area contributed by atoms with Crippen LogP contribution in [0.5, 0.6) is 0 Å². The van der Waals surface area contributed by atoms with Gasteiger partial charge in [0.15, 0.2) is 0 Å². The molecule has 0 bridgehead atoms. The molecule has 1 aliphatic carbocycles. The molecule has 1 heterocycles. The predicted octanol–water partition coefficient (Wildman–Crippen LogP) is 2.37. The van der Waals surface area contributed by atoms with Crippen molar-refractivity contribution >= 4 is 0 Å². The van der Waals surface area contributed by atoms with E-state index in [1.54, 1.807) is 0 Å². The molecule has 1 fully saturated rings. The molecule has 1 aromatic rings. The molecule has 0 spiro atoms. The van der Waals surface area contributed by atoms with Crippen molar-refractivity contribution in [2.24, 2.45) is 0 Å². The smallest absolute Gasteiger partial charge is 0.0678 e. The Morgan fingerprint density at radius 1 is 1.15 bits per heavy atom. The Kier molecular flexibility index (Phi) is 4.11. The normalized spacial score (nSPS) is 34.8. The van der Waals surface area contributed by atoms with Gasteiger partial charge in [-0.3, -0.25) is 4.90 Å². The number of rotatable bonds is 2. The number of morpholine rings is 1. The monoisotopic (exact) mass is 274 g/mol. The second kappa shape index (κ2) is 5.84. The highest BCUT2D eigenvalue weighted by atomic mass is 16.5. The number of hydrogen-bond donors (Lipinski definition) is 1. The third kappa shape index (κ3) is 2.62. The number of nitrogens with one attached hydrogen (secondary N) is 1. The topological polar surface area (TPSA) is 24.5 Å². The lowest BCUT2D eigenvalue weighted by Crippen LogP contribution is -2.54. The first kappa shape index (κ1) is 14.1. The number of nitrogens with zero attached hydrogens (tertiary/aromatic N) is 1. The third-order valence-electron chi connectivity index (χ3n) is 4.71. The predicted molar refractivity (Wildman–Crippen MR) is 81.9 cm³/mol. The summed E-state index contributed by atoms with van der Waals surface area (Å²) in [6.45, 7) is 6.48. The van der Waals surface area contributed by atoms with Crippen LogP contribution in [0.15, 0.2) is 24.3 Å². The SMILES string of the molecule is CNC1c2ccccc2CCC1N1C[C@@H](C)O[C@@H](C)C1. The van der Waals surface area contributed by atoms with Crippen molar-refractivity contribution in [3.05, 3.63) is 35.4 Å². The number of fused-ring (bicyclic) bond motifs is 1. The van der Waals surface area contributed by atoms with Crippen molar-refractivity contribution in [1.82, 2.24) is 10.2 Å². The molecule has 3 nitrogen and oxygen atoms in total. The van der Waals surface area contributed by atoms with E-state index in [2.05, 4.69) is 55.4 Å². The van der Waals surface area contributed by atoms with Crippen molar-refractivity contribution in [3.63, 3.8) is 0 Å². The molecule has 0 amide bonds. The number of hydrogen-bond acceptors (Lipinski definition) is 3. The lowest BCUT2D eigenvalue weighted by Gasteiger charge is -2.45. The van der Waals surface area contributed by atoms with Crippen LogP contribution in [0.1, 0.15) is 37.4 Å². The van der Waals surface area contributed by atoms with Crippen LogP contribution >= 0.6 is 0 Å². The average molecular weight is 274 g/mol. The van der Waals surface area contributed by atoms with Crippen molar-refractivity contribution in [1.29, 1.82) is 0 Å². The highest BCUT2D eigenvalue weighted by molar-refractivity contribution is 5.34.